The zero-order valence-corrected chi connectivity index (χ0v) is 9.56. The number of hydrogen-bond donors (Lipinski definition) is 3. The topological polar surface area (TPSA) is 92.5 Å². The van der Waals surface area contributed by atoms with Crippen molar-refractivity contribution in [1.29, 1.82) is 0 Å². The fraction of sp³-hybridized carbons (Fsp3) is 0.300. The minimum Gasteiger partial charge on any atom is -0.399 e. The molecule has 2 rings (SSSR count). The molecule has 1 heterocycles. The van der Waals surface area contributed by atoms with Crippen LogP contribution in [0, 0.1) is 0 Å². The van der Waals surface area contributed by atoms with E-state index in [1.807, 2.05) is 0 Å². The predicted octanol–water partition coefficient (Wildman–Crippen LogP) is 1.89. The molecule has 0 aliphatic carbocycles. The normalized spacial score (nSPS) is 12.7. The molecule has 0 fully saturated rings. The van der Waals surface area contributed by atoms with E-state index in [2.05, 4.69) is 25.9 Å². The summed E-state index contributed by atoms with van der Waals surface area (Å²) in [7, 11) is 0. The highest BCUT2D eigenvalue weighted by Gasteiger charge is 2.17. The Morgan fingerprint density at radius 3 is 2.78 bits per heavy atom. The molecule has 0 aliphatic rings. The van der Waals surface area contributed by atoms with Crippen LogP contribution in [0.5, 0.6) is 0 Å². The van der Waals surface area contributed by atoms with Crippen molar-refractivity contribution in [3.8, 4) is 0 Å². The third-order valence-corrected chi connectivity index (χ3v) is 2.43. The summed E-state index contributed by atoms with van der Waals surface area (Å²) in [6.07, 6.45) is -2.60. The quantitative estimate of drug-likeness (QED) is 0.724. The second-order valence-electron chi connectivity index (χ2n) is 3.78. The second kappa shape index (κ2) is 4.94. The Morgan fingerprint density at radius 1 is 1.39 bits per heavy atom. The Kier molecular flexibility index (Phi) is 3.35. The summed E-state index contributed by atoms with van der Waals surface area (Å²) in [6, 6.07) is 3.96. The van der Waals surface area contributed by atoms with Crippen molar-refractivity contribution < 1.29 is 8.78 Å². The standard InChI is InChI=1S/C10H12F2N6/c1-5(10-15-17-18-16-10)14-8-3-2-6(13)4-7(8)9(11)12/h2-5,9,14H,13H2,1H3,(H,15,16,17,18). The molecule has 6 nitrogen and oxygen atoms in total. The van der Waals surface area contributed by atoms with Gasteiger partial charge >= 0.3 is 0 Å². The fourth-order valence-electron chi connectivity index (χ4n) is 1.54. The van der Waals surface area contributed by atoms with Crippen LogP contribution in [0.15, 0.2) is 18.2 Å². The predicted molar refractivity (Wildman–Crippen MR) is 62.0 cm³/mol. The van der Waals surface area contributed by atoms with Gasteiger partial charge in [-0.05, 0) is 25.1 Å². The highest BCUT2D eigenvalue weighted by atomic mass is 19.3. The van der Waals surface area contributed by atoms with Crippen molar-refractivity contribution in [2.45, 2.75) is 19.4 Å². The van der Waals surface area contributed by atoms with Gasteiger partial charge in [0.25, 0.3) is 6.43 Å². The summed E-state index contributed by atoms with van der Waals surface area (Å²) in [5.41, 5.74) is 5.94. The van der Waals surface area contributed by atoms with E-state index in [1.54, 1.807) is 13.0 Å². The SMILES string of the molecule is CC(Nc1ccc(N)cc1C(F)F)c1nn[nH]n1. The van der Waals surface area contributed by atoms with Crippen molar-refractivity contribution >= 4 is 11.4 Å². The van der Waals surface area contributed by atoms with Gasteiger partial charge in [0.2, 0.25) is 0 Å². The van der Waals surface area contributed by atoms with Gasteiger partial charge < -0.3 is 11.1 Å². The third kappa shape index (κ3) is 2.53. The van der Waals surface area contributed by atoms with Crippen LogP contribution in [-0.2, 0) is 0 Å². The second-order valence-corrected chi connectivity index (χ2v) is 3.78. The van der Waals surface area contributed by atoms with E-state index in [-0.39, 0.29) is 11.6 Å². The van der Waals surface area contributed by atoms with Gasteiger partial charge in [0.05, 0.1) is 6.04 Å². The average molecular weight is 254 g/mol. The van der Waals surface area contributed by atoms with Gasteiger partial charge in [0.1, 0.15) is 0 Å². The van der Waals surface area contributed by atoms with Gasteiger partial charge in [-0.25, -0.2) is 8.78 Å². The first-order chi connectivity index (χ1) is 8.58. The number of nitrogens with zero attached hydrogens (tertiary/aromatic N) is 3. The number of benzene rings is 1. The molecule has 8 heteroatoms. The van der Waals surface area contributed by atoms with Crippen LogP contribution < -0.4 is 11.1 Å². The number of aromatic nitrogens is 4. The molecule has 2 aromatic rings. The number of H-pyrrole nitrogens is 1. The lowest BCUT2D eigenvalue weighted by atomic mass is 10.1. The molecule has 0 amide bonds. The number of tetrazole rings is 1. The largest absolute Gasteiger partial charge is 0.399 e. The molecule has 0 bridgehead atoms. The maximum atomic E-state index is 12.9. The molecule has 0 spiro atoms. The molecule has 4 N–H and O–H groups in total. The summed E-state index contributed by atoms with van der Waals surface area (Å²) in [5, 5.41) is 16.2. The first-order valence-electron chi connectivity index (χ1n) is 5.25. The minimum atomic E-state index is -2.60. The number of nitrogens with two attached hydrogens (primary N) is 1. The molecule has 1 aromatic carbocycles. The zero-order valence-electron chi connectivity index (χ0n) is 9.56. The molecule has 0 saturated carbocycles. The summed E-state index contributed by atoms with van der Waals surface area (Å²) in [4.78, 5) is 0. The van der Waals surface area contributed by atoms with E-state index in [0.29, 0.717) is 17.2 Å². The van der Waals surface area contributed by atoms with Crippen LogP contribution in [0.4, 0.5) is 20.2 Å². The minimum absolute atomic E-state index is 0.148. The first-order valence-corrected chi connectivity index (χ1v) is 5.25. The summed E-state index contributed by atoms with van der Waals surface area (Å²) >= 11 is 0. The molecule has 1 atom stereocenters. The van der Waals surface area contributed by atoms with E-state index in [9.17, 15) is 8.78 Å². The van der Waals surface area contributed by atoms with E-state index in [1.165, 1.54) is 12.1 Å². The average Bonchev–Trinajstić information content (AvgIpc) is 2.84. The molecule has 1 unspecified atom stereocenters. The van der Waals surface area contributed by atoms with Crippen molar-refractivity contribution in [1.82, 2.24) is 20.6 Å². The van der Waals surface area contributed by atoms with Gasteiger partial charge in [0, 0.05) is 16.9 Å². The lowest BCUT2D eigenvalue weighted by molar-refractivity contribution is 0.152. The van der Waals surface area contributed by atoms with Crippen LogP contribution in [-0.4, -0.2) is 20.6 Å². The summed E-state index contributed by atoms with van der Waals surface area (Å²) in [6.45, 7) is 1.75. The third-order valence-electron chi connectivity index (χ3n) is 2.43. The van der Waals surface area contributed by atoms with E-state index in [0.717, 1.165) is 0 Å². The number of halogens is 2. The number of hydrogen-bond acceptors (Lipinski definition) is 5. The first kappa shape index (κ1) is 12.2. The Balaban J connectivity index is 2.23. The molecule has 0 saturated heterocycles. The van der Waals surface area contributed by atoms with Crippen LogP contribution in [0.2, 0.25) is 0 Å². The van der Waals surface area contributed by atoms with Crippen LogP contribution >= 0.6 is 0 Å². The number of aromatic amines is 1. The Morgan fingerprint density at radius 2 is 2.17 bits per heavy atom. The van der Waals surface area contributed by atoms with Crippen molar-refractivity contribution in [2.24, 2.45) is 0 Å². The molecule has 18 heavy (non-hydrogen) atoms. The fourth-order valence-corrected chi connectivity index (χ4v) is 1.54. The van der Waals surface area contributed by atoms with E-state index < -0.39 is 6.43 Å². The van der Waals surface area contributed by atoms with Crippen molar-refractivity contribution in [2.75, 3.05) is 11.1 Å². The van der Waals surface area contributed by atoms with Crippen LogP contribution in [0.1, 0.15) is 30.8 Å². The summed E-state index contributed by atoms with van der Waals surface area (Å²) < 4.78 is 25.7. The molecular weight excluding hydrogens is 242 g/mol. The highest BCUT2D eigenvalue weighted by molar-refractivity contribution is 5.59. The van der Waals surface area contributed by atoms with Crippen molar-refractivity contribution in [3.05, 3.63) is 29.6 Å². The molecule has 0 radical (unpaired) electrons. The lowest BCUT2D eigenvalue weighted by Gasteiger charge is -2.15. The Hall–Kier alpha value is -2.25. The van der Waals surface area contributed by atoms with Crippen LogP contribution in [0.3, 0.4) is 0 Å². The number of nitrogen functional groups attached to an aromatic ring is 1. The lowest BCUT2D eigenvalue weighted by Crippen LogP contribution is -2.10. The number of nitrogens with one attached hydrogen (secondary N) is 2. The maximum Gasteiger partial charge on any atom is 0.265 e. The molecule has 1 aromatic heterocycles. The maximum absolute atomic E-state index is 12.9. The smallest absolute Gasteiger partial charge is 0.265 e. The number of alkyl halides is 2. The van der Waals surface area contributed by atoms with Gasteiger partial charge in [0.15, 0.2) is 5.82 Å². The van der Waals surface area contributed by atoms with Gasteiger partial charge in [-0.1, -0.05) is 5.21 Å². The Bertz CT molecular complexity index is 513. The van der Waals surface area contributed by atoms with Crippen LogP contribution in [0.25, 0.3) is 0 Å². The highest BCUT2D eigenvalue weighted by Crippen LogP contribution is 2.30. The Labute approximate surface area is 102 Å². The van der Waals surface area contributed by atoms with Gasteiger partial charge in [-0.15, -0.1) is 10.2 Å². The zero-order chi connectivity index (χ0) is 13.1. The monoisotopic (exact) mass is 254 g/mol. The summed E-state index contributed by atoms with van der Waals surface area (Å²) in [5.74, 6) is 0.395. The number of rotatable bonds is 4. The van der Waals surface area contributed by atoms with E-state index >= 15 is 0 Å². The molecular formula is C10H12F2N6. The van der Waals surface area contributed by atoms with Gasteiger partial charge in [-0.3, -0.25) is 0 Å². The molecule has 96 valence electrons. The molecule has 0 aliphatic heterocycles. The van der Waals surface area contributed by atoms with E-state index in [4.69, 9.17) is 5.73 Å². The number of anilines is 2. The van der Waals surface area contributed by atoms with Gasteiger partial charge in [-0.2, -0.15) is 5.21 Å². The van der Waals surface area contributed by atoms with Crippen molar-refractivity contribution in [3.63, 3.8) is 0 Å².